The first-order valence-electron chi connectivity index (χ1n) is 6.63. The molecule has 0 atom stereocenters. The normalized spacial score (nSPS) is 19.9. The molecule has 6 heteroatoms. The van der Waals surface area contributed by atoms with E-state index >= 15 is 0 Å². The third-order valence-corrected chi connectivity index (χ3v) is 5.14. The third-order valence-electron chi connectivity index (χ3n) is 3.34. The van der Waals surface area contributed by atoms with Gasteiger partial charge in [0.15, 0.2) is 0 Å². The van der Waals surface area contributed by atoms with Gasteiger partial charge in [-0.05, 0) is 25.0 Å². The molecule has 1 heterocycles. The molecule has 0 saturated carbocycles. The minimum Gasteiger partial charge on any atom is -0.392 e. The maximum Gasteiger partial charge on any atom is 0.218 e. The number of hydrogen-bond donors (Lipinski definition) is 1. The van der Waals surface area contributed by atoms with Crippen LogP contribution in [0.25, 0.3) is 0 Å². The van der Waals surface area contributed by atoms with Crippen LogP contribution in [0.15, 0.2) is 24.3 Å². The van der Waals surface area contributed by atoms with Crippen molar-refractivity contribution in [1.82, 2.24) is 4.31 Å². The van der Waals surface area contributed by atoms with Crippen LogP contribution in [-0.4, -0.2) is 43.1 Å². The van der Waals surface area contributed by atoms with Crippen LogP contribution >= 0.6 is 0 Å². The predicted molar refractivity (Wildman–Crippen MR) is 76.6 cm³/mol. The quantitative estimate of drug-likeness (QED) is 0.905. The summed E-state index contributed by atoms with van der Waals surface area (Å²) in [6.07, 6.45) is 0. The van der Waals surface area contributed by atoms with Gasteiger partial charge in [0.1, 0.15) is 0 Å². The van der Waals surface area contributed by atoms with Crippen LogP contribution in [0, 0.1) is 0 Å². The van der Waals surface area contributed by atoms with E-state index in [0.29, 0.717) is 19.7 Å². The molecule has 1 N–H and O–H groups in total. The van der Waals surface area contributed by atoms with E-state index in [1.807, 2.05) is 13.8 Å². The molecule has 5 nitrogen and oxygen atoms in total. The van der Waals surface area contributed by atoms with E-state index in [1.54, 1.807) is 24.3 Å². The van der Waals surface area contributed by atoms with Crippen molar-refractivity contribution in [3.8, 4) is 0 Å². The molecular formula is C14H21NO4S. The molecule has 112 valence electrons. The molecular weight excluding hydrogens is 278 g/mol. The van der Waals surface area contributed by atoms with Crippen molar-refractivity contribution in [1.29, 1.82) is 0 Å². The second-order valence-corrected chi connectivity index (χ2v) is 7.64. The van der Waals surface area contributed by atoms with Gasteiger partial charge in [0.25, 0.3) is 0 Å². The number of aliphatic hydroxyl groups is 1. The van der Waals surface area contributed by atoms with Crippen LogP contribution in [-0.2, 0) is 27.1 Å². The Kier molecular flexibility index (Phi) is 4.49. The summed E-state index contributed by atoms with van der Waals surface area (Å²) >= 11 is 0. The number of aliphatic hydroxyl groups excluding tert-OH is 1. The van der Waals surface area contributed by atoms with Crippen molar-refractivity contribution in [2.75, 3.05) is 19.7 Å². The van der Waals surface area contributed by atoms with Gasteiger partial charge in [-0.1, -0.05) is 24.3 Å². The van der Waals surface area contributed by atoms with Crippen LogP contribution in [0.4, 0.5) is 0 Å². The third kappa shape index (κ3) is 3.79. The standard InChI is InChI=1S/C14H21NO4S/c1-14(2)11-15(7-8-19-14)20(17,18)10-13-5-3-12(9-16)4-6-13/h3-6,16H,7-11H2,1-2H3. The van der Waals surface area contributed by atoms with E-state index in [4.69, 9.17) is 9.84 Å². The van der Waals surface area contributed by atoms with Crippen LogP contribution in [0.5, 0.6) is 0 Å². The van der Waals surface area contributed by atoms with Gasteiger partial charge < -0.3 is 9.84 Å². The Balaban J connectivity index is 2.10. The maximum absolute atomic E-state index is 12.4. The number of sulfonamides is 1. The zero-order valence-corrected chi connectivity index (χ0v) is 12.7. The summed E-state index contributed by atoms with van der Waals surface area (Å²) in [4.78, 5) is 0. The molecule has 1 aliphatic rings. The predicted octanol–water partition coefficient (Wildman–Crippen LogP) is 1.12. The monoisotopic (exact) mass is 299 g/mol. The topological polar surface area (TPSA) is 66.8 Å². The largest absolute Gasteiger partial charge is 0.392 e. The molecule has 0 aliphatic carbocycles. The van der Waals surface area contributed by atoms with Crippen molar-refractivity contribution < 1.29 is 18.3 Å². The van der Waals surface area contributed by atoms with Crippen LogP contribution in [0.3, 0.4) is 0 Å². The summed E-state index contributed by atoms with van der Waals surface area (Å²) < 4.78 is 31.9. The maximum atomic E-state index is 12.4. The van der Waals surface area contributed by atoms with Crippen LogP contribution in [0.1, 0.15) is 25.0 Å². The summed E-state index contributed by atoms with van der Waals surface area (Å²) in [6.45, 7) is 4.96. The van der Waals surface area contributed by atoms with E-state index in [0.717, 1.165) is 11.1 Å². The summed E-state index contributed by atoms with van der Waals surface area (Å²) in [5, 5.41) is 8.98. The first-order valence-corrected chi connectivity index (χ1v) is 8.24. The minimum absolute atomic E-state index is 0.0191. The van der Waals surface area contributed by atoms with E-state index in [2.05, 4.69) is 0 Å². The average molecular weight is 299 g/mol. The SMILES string of the molecule is CC1(C)CN(S(=O)(=O)Cc2ccc(CO)cc2)CCO1. The highest BCUT2D eigenvalue weighted by Crippen LogP contribution is 2.21. The zero-order valence-electron chi connectivity index (χ0n) is 11.9. The highest BCUT2D eigenvalue weighted by molar-refractivity contribution is 7.88. The molecule has 1 aliphatic heterocycles. The molecule has 20 heavy (non-hydrogen) atoms. The zero-order chi connectivity index (χ0) is 14.8. The van der Waals surface area contributed by atoms with E-state index in [9.17, 15) is 8.42 Å². The van der Waals surface area contributed by atoms with E-state index in [-0.39, 0.29) is 12.4 Å². The van der Waals surface area contributed by atoms with Crippen molar-refractivity contribution in [3.05, 3.63) is 35.4 Å². The smallest absolute Gasteiger partial charge is 0.218 e. The fourth-order valence-corrected chi connectivity index (χ4v) is 3.91. The lowest BCUT2D eigenvalue weighted by molar-refractivity contribution is -0.0640. The Bertz CT molecular complexity index is 551. The molecule has 0 radical (unpaired) electrons. The van der Waals surface area contributed by atoms with Gasteiger partial charge >= 0.3 is 0 Å². The van der Waals surface area contributed by atoms with Crippen molar-refractivity contribution in [2.24, 2.45) is 0 Å². The Morgan fingerprint density at radius 2 is 1.85 bits per heavy atom. The molecule has 2 rings (SSSR count). The van der Waals surface area contributed by atoms with Gasteiger partial charge in [-0.15, -0.1) is 0 Å². The second-order valence-electron chi connectivity index (χ2n) is 5.67. The van der Waals surface area contributed by atoms with Gasteiger partial charge in [0, 0.05) is 13.1 Å². The van der Waals surface area contributed by atoms with Gasteiger partial charge in [-0.25, -0.2) is 8.42 Å². The number of hydrogen-bond acceptors (Lipinski definition) is 4. The Morgan fingerprint density at radius 3 is 2.40 bits per heavy atom. The van der Waals surface area contributed by atoms with Gasteiger partial charge in [-0.3, -0.25) is 0 Å². The van der Waals surface area contributed by atoms with Crippen LogP contribution < -0.4 is 0 Å². The molecule has 1 aromatic carbocycles. The molecule has 0 bridgehead atoms. The summed E-state index contributed by atoms with van der Waals surface area (Å²) in [6, 6.07) is 6.98. The Labute approximate surface area is 120 Å². The minimum atomic E-state index is -3.34. The first-order chi connectivity index (χ1) is 9.32. The van der Waals surface area contributed by atoms with Gasteiger partial charge in [-0.2, -0.15) is 4.31 Å². The lowest BCUT2D eigenvalue weighted by Gasteiger charge is -2.37. The lowest BCUT2D eigenvalue weighted by Crippen LogP contribution is -2.50. The Morgan fingerprint density at radius 1 is 1.25 bits per heavy atom. The van der Waals surface area contributed by atoms with Gasteiger partial charge in [0.05, 0.1) is 24.6 Å². The average Bonchev–Trinajstić information content (AvgIpc) is 2.38. The summed E-state index contributed by atoms with van der Waals surface area (Å²) in [7, 11) is -3.34. The number of ether oxygens (including phenoxy) is 1. The fraction of sp³-hybridized carbons (Fsp3) is 0.571. The van der Waals surface area contributed by atoms with Crippen molar-refractivity contribution in [2.45, 2.75) is 31.8 Å². The number of nitrogens with zero attached hydrogens (tertiary/aromatic N) is 1. The number of benzene rings is 1. The van der Waals surface area contributed by atoms with Crippen molar-refractivity contribution >= 4 is 10.0 Å². The summed E-state index contributed by atoms with van der Waals surface area (Å²) in [5.41, 5.74) is 1.07. The molecule has 0 aromatic heterocycles. The highest BCUT2D eigenvalue weighted by atomic mass is 32.2. The van der Waals surface area contributed by atoms with Gasteiger partial charge in [0.2, 0.25) is 10.0 Å². The fourth-order valence-electron chi connectivity index (χ4n) is 2.25. The molecule has 0 unspecified atom stereocenters. The van der Waals surface area contributed by atoms with E-state index < -0.39 is 15.6 Å². The van der Waals surface area contributed by atoms with Crippen LogP contribution in [0.2, 0.25) is 0 Å². The first kappa shape index (κ1) is 15.4. The van der Waals surface area contributed by atoms with Crippen molar-refractivity contribution in [3.63, 3.8) is 0 Å². The molecule has 1 aromatic rings. The lowest BCUT2D eigenvalue weighted by atomic mass is 10.1. The molecule has 0 amide bonds. The second kappa shape index (κ2) is 5.81. The number of morpholine rings is 1. The Hall–Kier alpha value is -0.950. The van der Waals surface area contributed by atoms with E-state index in [1.165, 1.54) is 4.31 Å². The molecule has 1 saturated heterocycles. The molecule has 1 fully saturated rings. The highest BCUT2D eigenvalue weighted by Gasteiger charge is 2.33. The number of rotatable bonds is 4. The molecule has 0 spiro atoms. The summed E-state index contributed by atoms with van der Waals surface area (Å²) in [5.74, 6) is -0.0191.